The second kappa shape index (κ2) is 7.50. The Morgan fingerprint density at radius 1 is 1.00 bits per heavy atom. The van der Waals surface area contributed by atoms with Crippen molar-refractivity contribution < 1.29 is 9.47 Å². The van der Waals surface area contributed by atoms with E-state index in [1.165, 1.54) is 0 Å². The number of ether oxygens (including phenoxy) is 2. The molecule has 2 N–H and O–H groups in total. The van der Waals surface area contributed by atoms with Crippen LogP contribution in [0.3, 0.4) is 0 Å². The van der Waals surface area contributed by atoms with Crippen molar-refractivity contribution in [3.63, 3.8) is 0 Å². The lowest BCUT2D eigenvalue weighted by Gasteiger charge is -2.12. The van der Waals surface area contributed by atoms with Gasteiger partial charge in [-0.3, -0.25) is 0 Å². The molecule has 0 spiro atoms. The summed E-state index contributed by atoms with van der Waals surface area (Å²) in [6.45, 7) is 0.590. The summed E-state index contributed by atoms with van der Waals surface area (Å²) in [6.07, 6.45) is 0. The smallest absolute Gasteiger partial charge is 0.171 e. The standard InChI is InChI=1S/C16H18N2O2S/c1-19-14-8-12(9-15(10-14)20-2)11-17-16(21)18-13-6-4-3-5-7-13/h3-10H,11H2,1-2H3,(H2,17,18,21). The molecule has 110 valence electrons. The molecule has 0 saturated carbocycles. The van der Waals surface area contributed by atoms with Crippen LogP contribution >= 0.6 is 12.2 Å². The van der Waals surface area contributed by atoms with Crippen molar-refractivity contribution in [2.75, 3.05) is 19.5 Å². The van der Waals surface area contributed by atoms with Crippen LogP contribution in [0.1, 0.15) is 5.56 Å². The molecular formula is C16H18N2O2S. The van der Waals surface area contributed by atoms with Gasteiger partial charge in [0.1, 0.15) is 11.5 Å². The molecule has 0 heterocycles. The van der Waals surface area contributed by atoms with E-state index in [2.05, 4.69) is 10.6 Å². The Morgan fingerprint density at radius 3 is 2.19 bits per heavy atom. The summed E-state index contributed by atoms with van der Waals surface area (Å²) in [7, 11) is 3.27. The molecule has 0 amide bonds. The number of rotatable bonds is 5. The third-order valence-corrected chi connectivity index (χ3v) is 3.14. The molecule has 0 aliphatic carbocycles. The predicted molar refractivity (Wildman–Crippen MR) is 89.0 cm³/mol. The molecule has 2 aromatic rings. The Balaban J connectivity index is 1.94. The Kier molecular flexibility index (Phi) is 5.40. The molecule has 0 bridgehead atoms. The van der Waals surface area contributed by atoms with Gasteiger partial charge in [-0.1, -0.05) is 18.2 Å². The van der Waals surface area contributed by atoms with Crippen LogP contribution in [0.25, 0.3) is 0 Å². The van der Waals surface area contributed by atoms with E-state index >= 15 is 0 Å². The minimum atomic E-state index is 0.572. The first-order chi connectivity index (χ1) is 10.2. The minimum Gasteiger partial charge on any atom is -0.497 e. The summed E-state index contributed by atoms with van der Waals surface area (Å²) in [5, 5.41) is 6.86. The quantitative estimate of drug-likeness (QED) is 0.830. The third kappa shape index (κ3) is 4.65. The topological polar surface area (TPSA) is 42.5 Å². The zero-order valence-electron chi connectivity index (χ0n) is 12.1. The number of thiocarbonyl (C=S) groups is 1. The Bertz CT molecular complexity index is 580. The van der Waals surface area contributed by atoms with E-state index in [1.807, 2.05) is 48.5 Å². The average Bonchev–Trinajstić information content (AvgIpc) is 2.53. The maximum absolute atomic E-state index is 5.27. The number of methoxy groups -OCH3 is 2. The van der Waals surface area contributed by atoms with Crippen LogP contribution in [0.15, 0.2) is 48.5 Å². The maximum atomic E-state index is 5.27. The second-order valence-electron chi connectivity index (χ2n) is 4.39. The fraction of sp³-hybridized carbons (Fsp3) is 0.188. The van der Waals surface area contributed by atoms with Gasteiger partial charge in [0.05, 0.1) is 14.2 Å². The summed E-state index contributed by atoms with van der Waals surface area (Å²) < 4.78 is 10.5. The van der Waals surface area contributed by atoms with Crippen LogP contribution in [0, 0.1) is 0 Å². The van der Waals surface area contributed by atoms with Crippen LogP contribution in [-0.4, -0.2) is 19.3 Å². The average molecular weight is 302 g/mol. The molecule has 0 radical (unpaired) electrons. The molecule has 2 rings (SSSR count). The van der Waals surface area contributed by atoms with E-state index < -0.39 is 0 Å². The van der Waals surface area contributed by atoms with E-state index in [9.17, 15) is 0 Å². The number of hydrogen-bond donors (Lipinski definition) is 2. The molecule has 5 heteroatoms. The molecule has 0 saturated heterocycles. The second-order valence-corrected chi connectivity index (χ2v) is 4.80. The van der Waals surface area contributed by atoms with Crippen molar-refractivity contribution >= 4 is 23.0 Å². The highest BCUT2D eigenvalue weighted by Gasteiger charge is 2.03. The van der Waals surface area contributed by atoms with Crippen molar-refractivity contribution in [1.82, 2.24) is 5.32 Å². The molecule has 0 aliphatic heterocycles. The molecule has 4 nitrogen and oxygen atoms in total. The lowest BCUT2D eigenvalue weighted by atomic mass is 10.2. The van der Waals surface area contributed by atoms with Crippen LogP contribution in [0.5, 0.6) is 11.5 Å². The summed E-state index contributed by atoms with van der Waals surface area (Å²) in [5.74, 6) is 1.51. The van der Waals surface area contributed by atoms with Gasteiger partial charge in [-0.2, -0.15) is 0 Å². The summed E-state index contributed by atoms with van der Waals surface area (Å²) in [6, 6.07) is 15.5. The zero-order chi connectivity index (χ0) is 15.1. The van der Waals surface area contributed by atoms with Crippen molar-refractivity contribution in [2.45, 2.75) is 6.54 Å². The number of hydrogen-bond acceptors (Lipinski definition) is 3. The molecule has 0 aliphatic rings. The molecule has 21 heavy (non-hydrogen) atoms. The van der Waals surface area contributed by atoms with Crippen molar-refractivity contribution in [3.8, 4) is 11.5 Å². The van der Waals surface area contributed by atoms with Gasteiger partial charge < -0.3 is 20.1 Å². The first kappa shape index (κ1) is 15.1. The lowest BCUT2D eigenvalue weighted by Crippen LogP contribution is -2.27. The number of anilines is 1. The Morgan fingerprint density at radius 2 is 1.62 bits per heavy atom. The van der Waals surface area contributed by atoms with Gasteiger partial charge in [0.15, 0.2) is 5.11 Å². The molecule has 0 fully saturated rings. The number of para-hydroxylation sites is 1. The highest BCUT2D eigenvalue weighted by Crippen LogP contribution is 2.22. The summed E-state index contributed by atoms with van der Waals surface area (Å²) in [5.41, 5.74) is 1.99. The van der Waals surface area contributed by atoms with Crippen molar-refractivity contribution in [2.24, 2.45) is 0 Å². The van der Waals surface area contributed by atoms with E-state index in [0.717, 1.165) is 22.7 Å². The van der Waals surface area contributed by atoms with Gasteiger partial charge in [-0.15, -0.1) is 0 Å². The van der Waals surface area contributed by atoms with Crippen molar-refractivity contribution in [3.05, 3.63) is 54.1 Å². The zero-order valence-corrected chi connectivity index (χ0v) is 12.9. The highest BCUT2D eigenvalue weighted by atomic mass is 32.1. The third-order valence-electron chi connectivity index (χ3n) is 2.90. The van der Waals surface area contributed by atoms with Crippen LogP contribution in [0.2, 0.25) is 0 Å². The lowest BCUT2D eigenvalue weighted by molar-refractivity contribution is 0.393. The van der Waals surface area contributed by atoms with Crippen molar-refractivity contribution in [1.29, 1.82) is 0 Å². The predicted octanol–water partition coefficient (Wildman–Crippen LogP) is 3.19. The van der Waals surface area contributed by atoms with E-state index in [-0.39, 0.29) is 0 Å². The number of nitrogens with one attached hydrogen (secondary N) is 2. The Labute approximate surface area is 130 Å². The van der Waals surface area contributed by atoms with Crippen LogP contribution in [0.4, 0.5) is 5.69 Å². The first-order valence-electron chi connectivity index (χ1n) is 6.53. The van der Waals surface area contributed by atoms with Crippen LogP contribution < -0.4 is 20.1 Å². The normalized spacial score (nSPS) is 9.81. The fourth-order valence-corrected chi connectivity index (χ4v) is 2.04. The maximum Gasteiger partial charge on any atom is 0.171 e. The first-order valence-corrected chi connectivity index (χ1v) is 6.94. The molecule has 0 aromatic heterocycles. The van der Waals surface area contributed by atoms with Gasteiger partial charge in [0.2, 0.25) is 0 Å². The summed E-state index contributed by atoms with van der Waals surface area (Å²) in [4.78, 5) is 0. The largest absolute Gasteiger partial charge is 0.497 e. The van der Waals surface area contributed by atoms with Gasteiger partial charge >= 0.3 is 0 Å². The van der Waals surface area contributed by atoms with E-state index in [0.29, 0.717) is 11.7 Å². The van der Waals surface area contributed by atoms with E-state index in [1.54, 1.807) is 14.2 Å². The molecule has 2 aromatic carbocycles. The van der Waals surface area contributed by atoms with Gasteiger partial charge in [0.25, 0.3) is 0 Å². The molecule has 0 unspecified atom stereocenters. The van der Waals surface area contributed by atoms with Crippen LogP contribution in [-0.2, 0) is 6.54 Å². The van der Waals surface area contributed by atoms with E-state index in [4.69, 9.17) is 21.7 Å². The summed E-state index contributed by atoms with van der Waals surface area (Å²) >= 11 is 5.27. The Hall–Kier alpha value is -2.27. The SMILES string of the molecule is COc1cc(CNC(=S)Nc2ccccc2)cc(OC)c1. The molecular weight excluding hydrogens is 284 g/mol. The number of benzene rings is 2. The fourth-order valence-electron chi connectivity index (χ4n) is 1.85. The molecule has 0 atom stereocenters. The monoisotopic (exact) mass is 302 g/mol. The van der Waals surface area contributed by atoms with Gasteiger partial charge in [0, 0.05) is 18.3 Å². The van der Waals surface area contributed by atoms with Gasteiger partial charge in [-0.25, -0.2) is 0 Å². The highest BCUT2D eigenvalue weighted by molar-refractivity contribution is 7.80. The van der Waals surface area contributed by atoms with Gasteiger partial charge in [-0.05, 0) is 42.0 Å². The minimum absolute atomic E-state index is 0.572.